The fourth-order valence-corrected chi connectivity index (χ4v) is 3.97. The molecule has 3 aromatic rings. The first kappa shape index (κ1) is 17.7. The fourth-order valence-electron chi connectivity index (χ4n) is 3.97. The number of H-pyrrole nitrogens is 1. The first-order chi connectivity index (χ1) is 13.3. The van der Waals surface area contributed by atoms with Crippen LogP contribution in [0.5, 0.6) is 0 Å². The number of aromatic amines is 1. The Balaban J connectivity index is 1.50. The molecule has 2 aromatic carbocycles. The molecule has 1 aromatic heterocycles. The zero-order valence-electron chi connectivity index (χ0n) is 15.8. The van der Waals surface area contributed by atoms with Gasteiger partial charge in [0.1, 0.15) is 0 Å². The normalized spacial score (nSPS) is 15.9. The number of piperidine rings is 1. The van der Waals surface area contributed by atoms with Crippen molar-refractivity contribution in [2.75, 3.05) is 18.0 Å². The average Bonchev–Trinajstić information content (AvgIpc) is 3.14. The summed E-state index contributed by atoms with van der Waals surface area (Å²) in [5.74, 6) is 0.924. The van der Waals surface area contributed by atoms with E-state index in [1.54, 1.807) is 0 Å². The van der Waals surface area contributed by atoms with Gasteiger partial charge in [0, 0.05) is 37.5 Å². The van der Waals surface area contributed by atoms with Gasteiger partial charge in [-0.2, -0.15) is 5.10 Å². The predicted molar refractivity (Wildman–Crippen MR) is 109 cm³/mol. The summed E-state index contributed by atoms with van der Waals surface area (Å²) in [6.45, 7) is 4.89. The number of rotatable bonds is 5. The third kappa shape index (κ3) is 3.74. The Morgan fingerprint density at radius 3 is 2.56 bits per heavy atom. The zero-order valence-corrected chi connectivity index (χ0v) is 15.8. The van der Waals surface area contributed by atoms with Crippen molar-refractivity contribution in [3.05, 3.63) is 60.2 Å². The quantitative estimate of drug-likeness (QED) is 0.747. The van der Waals surface area contributed by atoms with Crippen LogP contribution < -0.4 is 4.90 Å². The monoisotopic (exact) mass is 362 g/mol. The summed E-state index contributed by atoms with van der Waals surface area (Å²) in [6.07, 6.45) is 2.44. The third-order valence-electron chi connectivity index (χ3n) is 5.42. The first-order valence-electron chi connectivity index (χ1n) is 9.77. The summed E-state index contributed by atoms with van der Waals surface area (Å²) in [6, 6.07) is 18.8. The lowest BCUT2D eigenvalue weighted by atomic mass is 10.0. The number of amides is 1. The lowest BCUT2D eigenvalue weighted by molar-refractivity contribution is -0.119. The van der Waals surface area contributed by atoms with Crippen molar-refractivity contribution in [3.63, 3.8) is 0 Å². The SMILES string of the molecule is CCC(=O)N(c1n[nH]c2ccccc12)C1CCN(Cc2ccccc2)CC1. The second-order valence-corrected chi connectivity index (χ2v) is 7.20. The van der Waals surface area contributed by atoms with E-state index in [-0.39, 0.29) is 11.9 Å². The molecule has 5 nitrogen and oxygen atoms in total. The van der Waals surface area contributed by atoms with Crippen LogP contribution in [0.15, 0.2) is 54.6 Å². The van der Waals surface area contributed by atoms with Crippen molar-refractivity contribution in [1.82, 2.24) is 15.1 Å². The number of hydrogen-bond donors (Lipinski definition) is 1. The maximum Gasteiger partial charge on any atom is 0.228 e. The van der Waals surface area contributed by atoms with E-state index in [9.17, 15) is 4.79 Å². The Hall–Kier alpha value is -2.66. The molecule has 1 aliphatic heterocycles. The van der Waals surface area contributed by atoms with Crippen molar-refractivity contribution in [1.29, 1.82) is 0 Å². The van der Waals surface area contributed by atoms with Crippen LogP contribution in [0.4, 0.5) is 5.82 Å². The van der Waals surface area contributed by atoms with Gasteiger partial charge < -0.3 is 0 Å². The highest BCUT2D eigenvalue weighted by molar-refractivity contribution is 6.01. The van der Waals surface area contributed by atoms with Crippen LogP contribution in [-0.2, 0) is 11.3 Å². The number of fused-ring (bicyclic) bond motifs is 1. The molecule has 0 radical (unpaired) electrons. The molecule has 1 saturated heterocycles. The van der Waals surface area contributed by atoms with Crippen molar-refractivity contribution >= 4 is 22.6 Å². The van der Waals surface area contributed by atoms with Crippen LogP contribution in [0.25, 0.3) is 10.9 Å². The molecule has 1 aliphatic rings. The molecule has 5 heteroatoms. The Kier molecular flexibility index (Phi) is 5.21. The fraction of sp³-hybridized carbons (Fsp3) is 0.364. The largest absolute Gasteiger partial charge is 0.299 e. The molecular weight excluding hydrogens is 336 g/mol. The van der Waals surface area contributed by atoms with Gasteiger partial charge in [0.05, 0.1) is 5.52 Å². The lowest BCUT2D eigenvalue weighted by Gasteiger charge is -2.37. The van der Waals surface area contributed by atoms with Gasteiger partial charge in [-0.25, -0.2) is 0 Å². The van der Waals surface area contributed by atoms with E-state index in [1.807, 2.05) is 36.1 Å². The highest BCUT2D eigenvalue weighted by atomic mass is 16.2. The van der Waals surface area contributed by atoms with Crippen LogP contribution in [0.1, 0.15) is 31.7 Å². The second-order valence-electron chi connectivity index (χ2n) is 7.20. The molecule has 1 fully saturated rings. The Morgan fingerprint density at radius 2 is 1.81 bits per heavy atom. The molecule has 140 valence electrons. The average molecular weight is 362 g/mol. The molecule has 1 N–H and O–H groups in total. The Morgan fingerprint density at radius 1 is 1.11 bits per heavy atom. The van der Waals surface area contributed by atoms with E-state index < -0.39 is 0 Å². The zero-order chi connectivity index (χ0) is 18.6. The number of carbonyl (C=O) groups is 1. The van der Waals surface area contributed by atoms with Crippen LogP contribution in [0.2, 0.25) is 0 Å². The summed E-state index contributed by atoms with van der Waals surface area (Å²) in [5.41, 5.74) is 2.32. The summed E-state index contributed by atoms with van der Waals surface area (Å²) >= 11 is 0. The maximum atomic E-state index is 12.8. The van der Waals surface area contributed by atoms with Gasteiger partial charge in [-0.05, 0) is 30.5 Å². The van der Waals surface area contributed by atoms with E-state index in [0.717, 1.165) is 49.2 Å². The smallest absolute Gasteiger partial charge is 0.228 e. The molecule has 0 bridgehead atoms. The van der Waals surface area contributed by atoms with Crippen LogP contribution >= 0.6 is 0 Å². The van der Waals surface area contributed by atoms with Gasteiger partial charge in [-0.3, -0.25) is 19.7 Å². The van der Waals surface area contributed by atoms with Crippen molar-refractivity contribution in [2.45, 2.75) is 38.8 Å². The Labute approximate surface area is 160 Å². The predicted octanol–water partition coefficient (Wildman–Crippen LogP) is 3.97. The minimum atomic E-state index is 0.147. The number of hydrogen-bond acceptors (Lipinski definition) is 3. The number of anilines is 1. The molecule has 0 aliphatic carbocycles. The van der Waals surface area contributed by atoms with Gasteiger partial charge in [0.15, 0.2) is 5.82 Å². The highest BCUT2D eigenvalue weighted by Gasteiger charge is 2.30. The molecule has 0 unspecified atom stereocenters. The summed E-state index contributed by atoms with van der Waals surface area (Å²) in [7, 11) is 0. The van der Waals surface area contributed by atoms with E-state index in [2.05, 4.69) is 45.4 Å². The van der Waals surface area contributed by atoms with Crippen molar-refractivity contribution < 1.29 is 4.79 Å². The highest BCUT2D eigenvalue weighted by Crippen LogP contribution is 2.29. The van der Waals surface area contributed by atoms with Gasteiger partial charge in [-0.1, -0.05) is 49.4 Å². The summed E-state index contributed by atoms with van der Waals surface area (Å²) < 4.78 is 0. The minimum absolute atomic E-state index is 0.147. The third-order valence-corrected chi connectivity index (χ3v) is 5.42. The number of carbonyl (C=O) groups excluding carboxylic acids is 1. The molecule has 1 amide bonds. The Bertz CT molecular complexity index is 897. The summed E-state index contributed by atoms with van der Waals surface area (Å²) in [4.78, 5) is 17.2. The first-order valence-corrected chi connectivity index (χ1v) is 9.77. The molecule has 2 heterocycles. The number of nitrogens with zero attached hydrogens (tertiary/aromatic N) is 3. The van der Waals surface area contributed by atoms with Gasteiger partial charge in [0.2, 0.25) is 5.91 Å². The topological polar surface area (TPSA) is 52.2 Å². The minimum Gasteiger partial charge on any atom is -0.299 e. The molecule has 0 atom stereocenters. The van der Waals surface area contributed by atoms with E-state index in [1.165, 1.54) is 5.56 Å². The van der Waals surface area contributed by atoms with Crippen molar-refractivity contribution in [2.24, 2.45) is 0 Å². The number of benzene rings is 2. The van der Waals surface area contributed by atoms with Gasteiger partial charge >= 0.3 is 0 Å². The molecule has 0 spiro atoms. The van der Waals surface area contributed by atoms with Gasteiger partial charge in [0.25, 0.3) is 0 Å². The number of nitrogens with one attached hydrogen (secondary N) is 1. The molecule has 4 rings (SSSR count). The second kappa shape index (κ2) is 7.92. The van der Waals surface area contributed by atoms with E-state index in [4.69, 9.17) is 0 Å². The van der Waals surface area contributed by atoms with Crippen LogP contribution in [0.3, 0.4) is 0 Å². The van der Waals surface area contributed by atoms with Crippen LogP contribution in [-0.4, -0.2) is 40.1 Å². The van der Waals surface area contributed by atoms with Crippen LogP contribution in [0, 0.1) is 0 Å². The lowest BCUT2D eigenvalue weighted by Crippen LogP contribution is -2.47. The number of aromatic nitrogens is 2. The molecule has 27 heavy (non-hydrogen) atoms. The maximum absolute atomic E-state index is 12.8. The van der Waals surface area contributed by atoms with E-state index in [0.29, 0.717) is 6.42 Å². The molecular formula is C22H26N4O. The summed E-state index contributed by atoms with van der Waals surface area (Å²) in [5, 5.41) is 8.59. The standard InChI is InChI=1S/C22H26N4O/c1-2-21(27)26(22-19-10-6-7-11-20(19)23-24-22)18-12-14-25(15-13-18)16-17-8-4-3-5-9-17/h3-11,18H,2,12-16H2,1H3,(H,23,24). The van der Waals surface area contributed by atoms with E-state index >= 15 is 0 Å². The number of para-hydroxylation sites is 1. The molecule has 0 saturated carbocycles. The van der Waals surface area contributed by atoms with Gasteiger partial charge in [-0.15, -0.1) is 0 Å². The van der Waals surface area contributed by atoms with Crippen molar-refractivity contribution in [3.8, 4) is 0 Å². The number of likely N-dealkylation sites (tertiary alicyclic amines) is 1.